The molecule has 2 aromatic carbocycles. The van der Waals surface area contributed by atoms with Crippen LogP contribution in [-0.4, -0.2) is 28.1 Å². The summed E-state index contributed by atoms with van der Waals surface area (Å²) in [7, 11) is 1.49. The van der Waals surface area contributed by atoms with Crippen molar-refractivity contribution < 1.29 is 14.3 Å². The topological polar surface area (TPSA) is 59.5 Å². The highest BCUT2D eigenvalue weighted by atomic mass is 35.5. The van der Waals surface area contributed by atoms with Crippen molar-refractivity contribution in [2.24, 2.45) is 0 Å². The SMILES string of the molecule is CN1C(=O)SC(c2cnc3cc(OCc4ccc(Cl)c(Cl)c4)ccc3c2)C1=O. The van der Waals surface area contributed by atoms with E-state index in [0.29, 0.717) is 28.0 Å². The van der Waals surface area contributed by atoms with Gasteiger partial charge in [0.25, 0.3) is 5.24 Å². The highest BCUT2D eigenvalue weighted by molar-refractivity contribution is 8.14. The number of hydrogen-bond acceptors (Lipinski definition) is 5. The fraction of sp³-hybridized carbons (Fsp3) is 0.150. The lowest BCUT2D eigenvalue weighted by molar-refractivity contribution is -0.125. The van der Waals surface area contributed by atoms with Gasteiger partial charge < -0.3 is 4.74 Å². The molecule has 0 N–H and O–H groups in total. The second-order valence-electron chi connectivity index (χ2n) is 6.32. The number of carbonyl (C=O) groups is 2. The average Bonchev–Trinajstić information content (AvgIpc) is 2.95. The molecule has 0 bridgehead atoms. The quantitative estimate of drug-likeness (QED) is 0.545. The first kappa shape index (κ1) is 19.1. The molecular formula is C20H14Cl2N2O3S. The number of rotatable bonds is 4. The summed E-state index contributed by atoms with van der Waals surface area (Å²) >= 11 is 13.0. The van der Waals surface area contributed by atoms with Crippen LogP contribution in [0, 0.1) is 0 Å². The fourth-order valence-corrected chi connectivity index (χ4v) is 4.15. The van der Waals surface area contributed by atoms with E-state index in [2.05, 4.69) is 4.98 Å². The lowest BCUT2D eigenvalue weighted by atomic mass is 10.1. The normalized spacial score (nSPS) is 16.8. The van der Waals surface area contributed by atoms with Gasteiger partial charge in [-0.2, -0.15) is 0 Å². The Bertz CT molecular complexity index is 1110. The molecule has 3 aromatic rings. The monoisotopic (exact) mass is 432 g/mol. The first-order valence-electron chi connectivity index (χ1n) is 8.37. The number of fused-ring (bicyclic) bond motifs is 1. The number of amides is 2. The molecule has 0 spiro atoms. The van der Waals surface area contributed by atoms with Crippen LogP contribution in [0.4, 0.5) is 4.79 Å². The number of pyridine rings is 1. The number of aromatic nitrogens is 1. The highest BCUT2D eigenvalue weighted by Crippen LogP contribution is 2.39. The van der Waals surface area contributed by atoms with E-state index in [4.69, 9.17) is 27.9 Å². The molecule has 1 atom stereocenters. The van der Waals surface area contributed by atoms with Gasteiger partial charge in [-0.3, -0.25) is 19.5 Å². The smallest absolute Gasteiger partial charge is 0.289 e. The van der Waals surface area contributed by atoms with Gasteiger partial charge in [0.2, 0.25) is 5.91 Å². The summed E-state index contributed by atoms with van der Waals surface area (Å²) in [5.41, 5.74) is 2.36. The number of halogens is 2. The molecule has 5 nitrogen and oxygen atoms in total. The van der Waals surface area contributed by atoms with Gasteiger partial charge in [-0.05, 0) is 53.2 Å². The summed E-state index contributed by atoms with van der Waals surface area (Å²) in [5.74, 6) is 0.442. The van der Waals surface area contributed by atoms with Crippen molar-refractivity contribution in [3.63, 3.8) is 0 Å². The number of hydrogen-bond donors (Lipinski definition) is 0. The van der Waals surface area contributed by atoms with Crippen molar-refractivity contribution in [3.05, 3.63) is 69.8 Å². The van der Waals surface area contributed by atoms with Gasteiger partial charge in [-0.15, -0.1) is 0 Å². The van der Waals surface area contributed by atoms with Crippen LogP contribution in [0.5, 0.6) is 5.75 Å². The summed E-state index contributed by atoms with van der Waals surface area (Å²) in [5, 5.41) is 1.07. The fourth-order valence-electron chi connectivity index (χ4n) is 2.85. The minimum atomic E-state index is -0.542. The van der Waals surface area contributed by atoms with E-state index in [0.717, 1.165) is 33.1 Å². The van der Waals surface area contributed by atoms with Crippen LogP contribution in [0.3, 0.4) is 0 Å². The zero-order valence-electron chi connectivity index (χ0n) is 14.7. The standard InChI is InChI=1S/C20H14Cl2N2O3S/c1-24-19(25)18(28-20(24)26)13-7-12-3-4-14(8-17(12)23-9-13)27-10-11-2-5-15(21)16(22)6-11/h2-9,18H,10H2,1H3. The molecule has 1 fully saturated rings. The molecule has 0 saturated carbocycles. The van der Waals surface area contributed by atoms with Gasteiger partial charge in [-0.1, -0.05) is 29.3 Å². The van der Waals surface area contributed by atoms with Crippen molar-refractivity contribution in [1.29, 1.82) is 0 Å². The molecule has 1 aliphatic rings. The van der Waals surface area contributed by atoms with E-state index in [9.17, 15) is 9.59 Å². The number of ether oxygens (including phenoxy) is 1. The molecule has 1 aromatic heterocycles. The van der Waals surface area contributed by atoms with Gasteiger partial charge in [0.15, 0.2) is 0 Å². The van der Waals surface area contributed by atoms with Crippen molar-refractivity contribution in [2.45, 2.75) is 11.9 Å². The Kier molecular flexibility index (Phi) is 5.19. The first-order chi connectivity index (χ1) is 13.4. The molecule has 142 valence electrons. The van der Waals surface area contributed by atoms with Crippen molar-refractivity contribution >= 4 is 57.0 Å². The van der Waals surface area contributed by atoms with Crippen LogP contribution >= 0.6 is 35.0 Å². The molecule has 1 unspecified atom stereocenters. The Labute approximate surface area is 175 Å². The van der Waals surface area contributed by atoms with E-state index < -0.39 is 5.25 Å². The lowest BCUT2D eigenvalue weighted by Crippen LogP contribution is -2.24. The summed E-state index contributed by atoms with van der Waals surface area (Å²) in [6, 6.07) is 12.8. The molecule has 1 saturated heterocycles. The number of carbonyl (C=O) groups excluding carboxylic acids is 2. The maximum absolute atomic E-state index is 12.2. The predicted molar refractivity (Wildman–Crippen MR) is 111 cm³/mol. The van der Waals surface area contributed by atoms with Crippen molar-refractivity contribution in [1.82, 2.24) is 9.88 Å². The van der Waals surface area contributed by atoms with Gasteiger partial charge >= 0.3 is 0 Å². The Balaban J connectivity index is 1.52. The summed E-state index contributed by atoms with van der Waals surface area (Å²) in [6.45, 7) is 0.349. The first-order valence-corrected chi connectivity index (χ1v) is 10.0. The van der Waals surface area contributed by atoms with E-state index in [-0.39, 0.29) is 11.1 Å². The number of likely N-dealkylation sites (N-methyl/N-ethyl adjacent to an activating group) is 1. The van der Waals surface area contributed by atoms with Gasteiger partial charge in [0.1, 0.15) is 17.6 Å². The van der Waals surface area contributed by atoms with Crippen molar-refractivity contribution in [2.75, 3.05) is 7.05 Å². The Morgan fingerprint density at radius 1 is 1.11 bits per heavy atom. The number of thioether (sulfide) groups is 1. The number of nitrogens with zero attached hydrogens (tertiary/aromatic N) is 2. The molecule has 2 heterocycles. The highest BCUT2D eigenvalue weighted by Gasteiger charge is 2.38. The largest absolute Gasteiger partial charge is 0.489 e. The minimum absolute atomic E-state index is 0.224. The van der Waals surface area contributed by atoms with Crippen LogP contribution < -0.4 is 4.74 Å². The summed E-state index contributed by atoms with van der Waals surface area (Å²) < 4.78 is 5.82. The van der Waals surface area contributed by atoms with Crippen LogP contribution in [-0.2, 0) is 11.4 Å². The van der Waals surface area contributed by atoms with Crippen LogP contribution in [0.25, 0.3) is 10.9 Å². The third-order valence-electron chi connectivity index (χ3n) is 4.42. The maximum Gasteiger partial charge on any atom is 0.289 e. The predicted octanol–water partition coefficient (Wildman–Crippen LogP) is 5.49. The zero-order valence-corrected chi connectivity index (χ0v) is 17.0. The zero-order chi connectivity index (χ0) is 19.8. The van der Waals surface area contributed by atoms with E-state index in [1.165, 1.54) is 7.05 Å². The maximum atomic E-state index is 12.2. The third-order valence-corrected chi connectivity index (χ3v) is 6.34. The number of benzene rings is 2. The van der Waals surface area contributed by atoms with Crippen LogP contribution in [0.1, 0.15) is 16.4 Å². The van der Waals surface area contributed by atoms with Gasteiger partial charge in [0.05, 0.1) is 15.6 Å². The van der Waals surface area contributed by atoms with Crippen LogP contribution in [0.15, 0.2) is 48.7 Å². The summed E-state index contributed by atoms with van der Waals surface area (Å²) in [6.07, 6.45) is 1.63. The molecule has 4 rings (SSSR count). The second kappa shape index (κ2) is 7.62. The molecule has 0 aliphatic carbocycles. The molecule has 0 radical (unpaired) electrons. The molecule has 2 amide bonds. The van der Waals surface area contributed by atoms with Gasteiger partial charge in [-0.25, -0.2) is 0 Å². The molecule has 28 heavy (non-hydrogen) atoms. The van der Waals surface area contributed by atoms with E-state index in [1.807, 2.05) is 30.3 Å². The van der Waals surface area contributed by atoms with Gasteiger partial charge in [0, 0.05) is 24.7 Å². The van der Waals surface area contributed by atoms with Crippen molar-refractivity contribution in [3.8, 4) is 5.75 Å². The average molecular weight is 433 g/mol. The third kappa shape index (κ3) is 3.68. The lowest BCUT2D eigenvalue weighted by Gasteiger charge is -2.10. The Morgan fingerprint density at radius 3 is 2.64 bits per heavy atom. The van der Waals surface area contributed by atoms with Crippen LogP contribution in [0.2, 0.25) is 10.0 Å². The summed E-state index contributed by atoms with van der Waals surface area (Å²) in [4.78, 5) is 29.5. The Hall–Kier alpha value is -2.28. The molecular weight excluding hydrogens is 419 g/mol. The minimum Gasteiger partial charge on any atom is -0.489 e. The molecule has 8 heteroatoms. The van der Waals surface area contributed by atoms with E-state index >= 15 is 0 Å². The Morgan fingerprint density at radius 2 is 1.93 bits per heavy atom. The second-order valence-corrected chi connectivity index (χ2v) is 8.19. The number of imide groups is 1. The molecule has 1 aliphatic heterocycles. The van der Waals surface area contributed by atoms with E-state index in [1.54, 1.807) is 18.3 Å².